The number of hydrogen-bond acceptors (Lipinski definition) is 2. The summed E-state index contributed by atoms with van der Waals surface area (Å²) < 4.78 is 56.4. The Morgan fingerprint density at radius 2 is 1.90 bits per heavy atom. The van der Waals surface area contributed by atoms with Gasteiger partial charge in [-0.2, -0.15) is 13.2 Å². The Morgan fingerprint density at radius 1 is 1.24 bits per heavy atom. The zero-order valence-corrected chi connectivity index (χ0v) is 11.9. The number of halogens is 4. The highest BCUT2D eigenvalue weighted by atomic mass is 19.4. The van der Waals surface area contributed by atoms with Crippen LogP contribution in [0.4, 0.5) is 17.6 Å². The highest BCUT2D eigenvalue weighted by molar-refractivity contribution is 5.27. The number of nitrogens with one attached hydrogen (secondary N) is 1. The normalized spacial score (nSPS) is 18.7. The van der Waals surface area contributed by atoms with Gasteiger partial charge in [-0.3, -0.25) is 0 Å². The first-order valence-electron chi connectivity index (χ1n) is 6.94. The minimum absolute atomic E-state index is 0.102. The Bertz CT molecular complexity index is 481. The van der Waals surface area contributed by atoms with E-state index < -0.39 is 17.6 Å². The predicted octanol–water partition coefficient (Wildman–Crippen LogP) is 3.75. The molecular formula is C15H19F4NO. The molecular weight excluding hydrogens is 286 g/mol. The Labute approximate surface area is 121 Å². The third kappa shape index (κ3) is 4.41. The van der Waals surface area contributed by atoms with Crippen molar-refractivity contribution in [3.63, 3.8) is 0 Å². The average molecular weight is 305 g/mol. The summed E-state index contributed by atoms with van der Waals surface area (Å²) in [6, 6.07) is 3.12. The van der Waals surface area contributed by atoms with Gasteiger partial charge in [-0.1, -0.05) is 13.0 Å². The Morgan fingerprint density at radius 3 is 2.52 bits per heavy atom. The molecule has 1 aromatic rings. The summed E-state index contributed by atoms with van der Waals surface area (Å²) >= 11 is 0. The number of benzene rings is 1. The molecule has 0 spiro atoms. The fraction of sp³-hybridized carbons (Fsp3) is 0.600. The van der Waals surface area contributed by atoms with Crippen molar-refractivity contribution < 1.29 is 22.3 Å². The SMILES string of the molecule is CC1(CNCc2ccc(F)c(C(F)(F)F)c2)CCOCC1. The van der Waals surface area contributed by atoms with Crippen LogP contribution < -0.4 is 5.32 Å². The summed E-state index contributed by atoms with van der Waals surface area (Å²) in [7, 11) is 0. The molecule has 0 atom stereocenters. The Hall–Kier alpha value is -1.14. The van der Waals surface area contributed by atoms with Crippen molar-refractivity contribution in [1.82, 2.24) is 5.32 Å². The van der Waals surface area contributed by atoms with Crippen molar-refractivity contribution in [2.24, 2.45) is 5.41 Å². The summed E-state index contributed by atoms with van der Waals surface area (Å²) in [4.78, 5) is 0. The molecule has 1 aliphatic heterocycles. The number of alkyl halides is 3. The van der Waals surface area contributed by atoms with Crippen LogP contribution in [0.1, 0.15) is 30.9 Å². The minimum atomic E-state index is -4.66. The maximum atomic E-state index is 13.2. The van der Waals surface area contributed by atoms with Crippen molar-refractivity contribution in [2.45, 2.75) is 32.5 Å². The molecule has 1 aliphatic rings. The second-order valence-corrected chi connectivity index (χ2v) is 5.84. The van der Waals surface area contributed by atoms with Crippen LogP contribution in [-0.2, 0) is 17.5 Å². The van der Waals surface area contributed by atoms with Crippen LogP contribution in [0.25, 0.3) is 0 Å². The van der Waals surface area contributed by atoms with Crippen molar-refractivity contribution in [1.29, 1.82) is 0 Å². The molecule has 0 bridgehead atoms. The first-order valence-corrected chi connectivity index (χ1v) is 6.94. The molecule has 0 radical (unpaired) electrons. The molecule has 6 heteroatoms. The largest absolute Gasteiger partial charge is 0.419 e. The molecule has 1 aromatic carbocycles. The van der Waals surface area contributed by atoms with Gasteiger partial charge in [0.05, 0.1) is 5.56 Å². The number of hydrogen-bond donors (Lipinski definition) is 1. The highest BCUT2D eigenvalue weighted by Crippen LogP contribution is 2.32. The van der Waals surface area contributed by atoms with Gasteiger partial charge in [-0.05, 0) is 36.0 Å². The summed E-state index contributed by atoms with van der Waals surface area (Å²) in [5.41, 5.74) is -0.677. The molecule has 118 valence electrons. The van der Waals surface area contributed by atoms with Crippen LogP contribution in [0.5, 0.6) is 0 Å². The molecule has 1 N–H and O–H groups in total. The van der Waals surface area contributed by atoms with E-state index in [1.54, 1.807) is 0 Å². The lowest BCUT2D eigenvalue weighted by atomic mass is 9.82. The molecule has 2 rings (SSSR count). The molecule has 1 heterocycles. The van der Waals surface area contributed by atoms with Crippen molar-refractivity contribution in [3.8, 4) is 0 Å². The van der Waals surface area contributed by atoms with Gasteiger partial charge in [-0.15, -0.1) is 0 Å². The molecule has 1 saturated heterocycles. The van der Waals surface area contributed by atoms with Crippen molar-refractivity contribution in [2.75, 3.05) is 19.8 Å². The molecule has 0 saturated carbocycles. The number of rotatable bonds is 4. The standard InChI is InChI=1S/C15H19F4NO/c1-14(4-6-21-7-5-14)10-20-9-11-2-3-13(16)12(8-11)15(17,18)19/h2-3,8,20H,4-7,9-10H2,1H3. The smallest absolute Gasteiger partial charge is 0.381 e. The summed E-state index contributed by atoms with van der Waals surface area (Å²) in [5.74, 6) is -1.23. The van der Waals surface area contributed by atoms with Crippen LogP contribution in [0, 0.1) is 11.2 Å². The van der Waals surface area contributed by atoms with E-state index in [4.69, 9.17) is 4.74 Å². The van der Waals surface area contributed by atoms with E-state index in [1.807, 2.05) is 0 Å². The summed E-state index contributed by atoms with van der Waals surface area (Å²) in [5, 5.41) is 3.16. The fourth-order valence-electron chi connectivity index (χ4n) is 2.45. The number of ether oxygens (including phenoxy) is 1. The van der Waals surface area contributed by atoms with Crippen LogP contribution in [0.2, 0.25) is 0 Å². The Kier molecular flexibility index (Phi) is 4.88. The topological polar surface area (TPSA) is 21.3 Å². The summed E-state index contributed by atoms with van der Waals surface area (Å²) in [6.45, 7) is 4.56. The van der Waals surface area contributed by atoms with Crippen molar-refractivity contribution >= 4 is 0 Å². The third-order valence-electron chi connectivity index (χ3n) is 3.92. The molecule has 1 fully saturated rings. The van der Waals surface area contributed by atoms with E-state index in [2.05, 4.69) is 12.2 Å². The molecule has 0 amide bonds. The van der Waals surface area contributed by atoms with Crippen LogP contribution in [-0.4, -0.2) is 19.8 Å². The van der Waals surface area contributed by atoms with E-state index in [9.17, 15) is 17.6 Å². The van der Waals surface area contributed by atoms with Gasteiger partial charge >= 0.3 is 6.18 Å². The molecule has 0 aliphatic carbocycles. The van der Waals surface area contributed by atoms with E-state index in [-0.39, 0.29) is 5.41 Å². The van der Waals surface area contributed by atoms with Gasteiger partial charge in [0.25, 0.3) is 0 Å². The fourth-order valence-corrected chi connectivity index (χ4v) is 2.45. The summed E-state index contributed by atoms with van der Waals surface area (Å²) in [6.07, 6.45) is -2.80. The lowest BCUT2D eigenvalue weighted by Gasteiger charge is -2.33. The van der Waals surface area contributed by atoms with Gasteiger partial charge in [0.15, 0.2) is 0 Å². The molecule has 0 unspecified atom stereocenters. The molecule has 2 nitrogen and oxygen atoms in total. The highest BCUT2D eigenvalue weighted by Gasteiger charge is 2.34. The third-order valence-corrected chi connectivity index (χ3v) is 3.92. The second kappa shape index (κ2) is 6.32. The maximum Gasteiger partial charge on any atom is 0.419 e. The van der Waals surface area contributed by atoms with Gasteiger partial charge in [-0.25, -0.2) is 4.39 Å². The van der Waals surface area contributed by atoms with Crippen molar-refractivity contribution in [3.05, 3.63) is 35.1 Å². The van der Waals surface area contributed by atoms with E-state index in [0.29, 0.717) is 31.9 Å². The monoisotopic (exact) mass is 305 g/mol. The Balaban J connectivity index is 1.94. The first-order chi connectivity index (χ1) is 9.80. The van der Waals surface area contributed by atoms with Gasteiger partial charge in [0.1, 0.15) is 5.82 Å². The van der Waals surface area contributed by atoms with E-state index >= 15 is 0 Å². The predicted molar refractivity (Wildman–Crippen MR) is 71.3 cm³/mol. The van der Waals surface area contributed by atoms with Crippen LogP contribution in [0.3, 0.4) is 0 Å². The molecule has 0 aromatic heterocycles. The minimum Gasteiger partial charge on any atom is -0.381 e. The zero-order chi connectivity index (χ0) is 15.5. The van der Waals surface area contributed by atoms with Crippen LogP contribution in [0.15, 0.2) is 18.2 Å². The second-order valence-electron chi connectivity index (χ2n) is 5.84. The van der Waals surface area contributed by atoms with E-state index in [0.717, 1.165) is 25.0 Å². The van der Waals surface area contributed by atoms with Crippen LogP contribution >= 0.6 is 0 Å². The van der Waals surface area contributed by atoms with Gasteiger partial charge < -0.3 is 10.1 Å². The first kappa shape index (κ1) is 16.2. The molecule has 21 heavy (non-hydrogen) atoms. The average Bonchev–Trinajstić information content (AvgIpc) is 2.40. The van der Waals surface area contributed by atoms with Gasteiger partial charge in [0.2, 0.25) is 0 Å². The zero-order valence-electron chi connectivity index (χ0n) is 11.9. The quantitative estimate of drug-likeness (QED) is 0.855. The van der Waals surface area contributed by atoms with Gasteiger partial charge in [0, 0.05) is 26.3 Å². The lowest BCUT2D eigenvalue weighted by Crippen LogP contribution is -2.36. The maximum absolute atomic E-state index is 13.2. The lowest BCUT2D eigenvalue weighted by molar-refractivity contribution is -0.140. The van der Waals surface area contributed by atoms with E-state index in [1.165, 1.54) is 6.07 Å².